The van der Waals surface area contributed by atoms with Crippen molar-refractivity contribution in [3.8, 4) is 12.8 Å². The van der Waals surface area contributed by atoms with E-state index in [1.807, 2.05) is 45.7 Å². The summed E-state index contributed by atoms with van der Waals surface area (Å²) >= 11 is 0. The quantitative estimate of drug-likeness (QED) is 0.647. The Morgan fingerprint density at radius 1 is 1.30 bits per heavy atom. The molecule has 0 aromatic rings. The van der Waals surface area contributed by atoms with Gasteiger partial charge >= 0.3 is 0 Å². The van der Waals surface area contributed by atoms with Crippen LogP contribution in [-0.4, -0.2) is 17.7 Å². The number of aliphatic imine (C=N–C) groups is 1. The van der Waals surface area contributed by atoms with Crippen LogP contribution in [0.5, 0.6) is 0 Å². The van der Waals surface area contributed by atoms with Crippen LogP contribution in [0.2, 0.25) is 0 Å². The van der Waals surface area contributed by atoms with Gasteiger partial charge in [-0.25, -0.2) is 4.99 Å². The molecule has 0 N–H and O–H groups in total. The van der Waals surface area contributed by atoms with E-state index in [-0.39, 0.29) is 0 Å². The summed E-state index contributed by atoms with van der Waals surface area (Å²) in [7, 11) is 1.94. The molecule has 0 spiro atoms. The molecular weight excluding hydrogens is 244 g/mol. The molecule has 20 heavy (non-hydrogen) atoms. The van der Waals surface area contributed by atoms with E-state index in [4.69, 9.17) is 0 Å². The first kappa shape index (κ1) is 23.1. The first-order chi connectivity index (χ1) is 9.60. The van der Waals surface area contributed by atoms with Gasteiger partial charge in [-0.2, -0.15) is 0 Å². The van der Waals surface area contributed by atoms with Crippen molar-refractivity contribution in [2.24, 2.45) is 4.99 Å². The Labute approximate surface area is 126 Å². The van der Waals surface area contributed by atoms with Gasteiger partial charge < -0.3 is 4.90 Å². The minimum atomic E-state index is 0.729. The Balaban J connectivity index is -0.000000425. The lowest BCUT2D eigenvalue weighted by molar-refractivity contribution is 0.517. The maximum atomic E-state index is 4.26. The van der Waals surface area contributed by atoms with E-state index in [2.05, 4.69) is 44.5 Å². The van der Waals surface area contributed by atoms with Crippen LogP contribution in [0.4, 0.5) is 0 Å². The van der Waals surface area contributed by atoms with Gasteiger partial charge in [0.2, 0.25) is 0 Å². The van der Waals surface area contributed by atoms with Crippen molar-refractivity contribution in [3.63, 3.8) is 0 Å². The monoisotopic (exact) mass is 274 g/mol. The van der Waals surface area contributed by atoms with Gasteiger partial charge in [0.25, 0.3) is 0 Å². The van der Waals surface area contributed by atoms with Gasteiger partial charge in [-0.1, -0.05) is 54.4 Å². The number of nitrogens with zero attached hydrogens (tertiary/aromatic N) is 2. The zero-order valence-electron chi connectivity index (χ0n) is 14.0. The number of rotatable bonds is 3. The van der Waals surface area contributed by atoms with Crippen molar-refractivity contribution < 1.29 is 0 Å². The van der Waals surface area contributed by atoms with E-state index in [0.29, 0.717) is 0 Å². The number of hydrogen-bond donors (Lipinski definition) is 0. The molecule has 0 bridgehead atoms. The van der Waals surface area contributed by atoms with Crippen molar-refractivity contribution in [2.75, 3.05) is 7.05 Å². The SMILES string of the molecule is C#C.C=CC1=NC(=C)N(C)C(C(=C)CC)=C1.CC.CC. The molecule has 0 aliphatic carbocycles. The predicted octanol–water partition coefficient (Wildman–Crippen LogP) is 5.18. The maximum Gasteiger partial charge on any atom is 0.126 e. The van der Waals surface area contributed by atoms with E-state index in [1.165, 1.54) is 0 Å². The van der Waals surface area contributed by atoms with Gasteiger partial charge in [-0.3, -0.25) is 0 Å². The fourth-order valence-electron chi connectivity index (χ4n) is 1.26. The topological polar surface area (TPSA) is 15.6 Å². The van der Waals surface area contributed by atoms with Crippen LogP contribution < -0.4 is 0 Å². The predicted molar refractivity (Wildman–Crippen MR) is 94.6 cm³/mol. The highest BCUT2D eigenvalue weighted by Crippen LogP contribution is 2.23. The molecule has 0 aromatic carbocycles. The summed E-state index contributed by atoms with van der Waals surface area (Å²) in [6, 6.07) is 0. The van der Waals surface area contributed by atoms with Crippen molar-refractivity contribution in [2.45, 2.75) is 41.0 Å². The minimum absolute atomic E-state index is 0.729. The fraction of sp³-hybridized carbons (Fsp3) is 0.389. The smallest absolute Gasteiger partial charge is 0.126 e. The second-order valence-electron chi connectivity index (χ2n) is 3.20. The molecule has 2 nitrogen and oxygen atoms in total. The van der Waals surface area contributed by atoms with Gasteiger partial charge in [0.1, 0.15) is 5.82 Å². The molecule has 1 aliphatic rings. The first-order valence-electron chi connectivity index (χ1n) is 6.97. The van der Waals surface area contributed by atoms with Gasteiger partial charge in [-0.05, 0) is 24.1 Å². The average Bonchev–Trinajstić information content (AvgIpc) is 2.54. The summed E-state index contributed by atoms with van der Waals surface area (Å²) in [6.07, 6.45) is 12.6. The van der Waals surface area contributed by atoms with Crippen LogP contribution in [0.25, 0.3) is 0 Å². The van der Waals surface area contributed by atoms with Crippen LogP contribution in [-0.2, 0) is 0 Å². The third kappa shape index (κ3) is 7.43. The van der Waals surface area contributed by atoms with Crippen LogP contribution >= 0.6 is 0 Å². The molecule has 112 valence electrons. The molecule has 0 saturated carbocycles. The van der Waals surface area contributed by atoms with Crippen LogP contribution in [0.3, 0.4) is 0 Å². The molecule has 0 fully saturated rings. The van der Waals surface area contributed by atoms with E-state index < -0.39 is 0 Å². The molecule has 1 heterocycles. The molecule has 0 radical (unpaired) electrons. The van der Waals surface area contributed by atoms with Gasteiger partial charge in [-0.15, -0.1) is 12.8 Å². The van der Waals surface area contributed by atoms with E-state index >= 15 is 0 Å². The lowest BCUT2D eigenvalue weighted by Gasteiger charge is -2.27. The lowest BCUT2D eigenvalue weighted by Crippen LogP contribution is -2.21. The Morgan fingerprint density at radius 2 is 1.75 bits per heavy atom. The zero-order chi connectivity index (χ0) is 16.7. The molecule has 0 unspecified atom stereocenters. The summed E-state index contributed by atoms with van der Waals surface area (Å²) in [5.74, 6) is 0.729. The first-order valence-corrected chi connectivity index (χ1v) is 6.97. The molecule has 0 atom stereocenters. The maximum absolute atomic E-state index is 4.26. The lowest BCUT2D eigenvalue weighted by atomic mass is 10.1. The summed E-state index contributed by atoms with van der Waals surface area (Å²) in [4.78, 5) is 6.20. The van der Waals surface area contributed by atoms with E-state index in [9.17, 15) is 0 Å². The summed E-state index contributed by atoms with van der Waals surface area (Å²) in [5.41, 5.74) is 3.00. The van der Waals surface area contributed by atoms with E-state index in [1.54, 1.807) is 6.08 Å². The number of likely N-dealkylation sites (N-methyl/N-ethyl adjacent to an activating group) is 1. The molecule has 1 rings (SSSR count). The molecule has 2 heteroatoms. The Hall–Kier alpha value is -2.01. The highest BCUT2D eigenvalue weighted by molar-refractivity contribution is 6.05. The third-order valence-electron chi connectivity index (χ3n) is 2.29. The molecule has 0 saturated heterocycles. The Morgan fingerprint density at radius 3 is 2.10 bits per heavy atom. The average molecular weight is 274 g/mol. The minimum Gasteiger partial charge on any atom is -0.330 e. The Bertz CT molecular complexity index is 381. The summed E-state index contributed by atoms with van der Waals surface area (Å²) < 4.78 is 0. The van der Waals surface area contributed by atoms with Crippen LogP contribution in [0.15, 0.2) is 54.0 Å². The van der Waals surface area contributed by atoms with Gasteiger partial charge in [0.15, 0.2) is 0 Å². The van der Waals surface area contributed by atoms with Crippen molar-refractivity contribution >= 4 is 5.71 Å². The third-order valence-corrected chi connectivity index (χ3v) is 2.29. The second kappa shape index (κ2) is 15.0. The number of allylic oxidation sites excluding steroid dienone is 3. The molecule has 0 aromatic heterocycles. The normalized spacial score (nSPS) is 12.0. The van der Waals surface area contributed by atoms with Crippen LogP contribution in [0, 0.1) is 12.8 Å². The second-order valence-corrected chi connectivity index (χ2v) is 3.20. The van der Waals surface area contributed by atoms with Gasteiger partial charge in [0, 0.05) is 12.7 Å². The standard InChI is InChI=1S/C12H16N2.2C2H6.C2H2/c1-6-9(3)12-8-11(7-2)13-10(4)14(12)5;3*1-2/h7-8H,2-4,6H2,1,5H3;2*1-2H3;1-2H. The van der Waals surface area contributed by atoms with E-state index in [0.717, 1.165) is 29.2 Å². The highest BCUT2D eigenvalue weighted by Gasteiger charge is 2.14. The van der Waals surface area contributed by atoms with Crippen molar-refractivity contribution in [3.05, 3.63) is 49.0 Å². The summed E-state index contributed by atoms with van der Waals surface area (Å²) in [6.45, 7) is 21.7. The largest absolute Gasteiger partial charge is 0.330 e. The molecule has 0 amide bonds. The number of terminal acetylenes is 1. The van der Waals surface area contributed by atoms with Crippen molar-refractivity contribution in [1.82, 2.24) is 4.90 Å². The van der Waals surface area contributed by atoms with Crippen LogP contribution in [0.1, 0.15) is 41.0 Å². The number of hydrogen-bond acceptors (Lipinski definition) is 2. The molecule has 1 aliphatic heterocycles. The summed E-state index contributed by atoms with van der Waals surface area (Å²) in [5, 5.41) is 0. The Kier molecular flexibility index (Phi) is 17.4. The molecular formula is C18H30N2. The van der Waals surface area contributed by atoms with Gasteiger partial charge in [0.05, 0.1) is 5.71 Å². The highest BCUT2D eigenvalue weighted by atomic mass is 15.2. The van der Waals surface area contributed by atoms with Crippen molar-refractivity contribution in [1.29, 1.82) is 0 Å². The fourth-order valence-corrected chi connectivity index (χ4v) is 1.26. The zero-order valence-corrected chi connectivity index (χ0v) is 14.0.